The van der Waals surface area contributed by atoms with Crippen LogP contribution < -0.4 is 5.73 Å². The van der Waals surface area contributed by atoms with E-state index in [2.05, 4.69) is 0 Å². The van der Waals surface area contributed by atoms with Gasteiger partial charge in [0, 0.05) is 6.04 Å². The Morgan fingerprint density at radius 1 is 1.42 bits per heavy atom. The Bertz CT molecular complexity index is 432. The van der Waals surface area contributed by atoms with Gasteiger partial charge in [-0.15, -0.1) is 12.4 Å². The average molecular weight is 288 g/mol. The summed E-state index contributed by atoms with van der Waals surface area (Å²) in [6, 6.07) is 6.94. The molecule has 0 saturated carbocycles. The normalized spacial score (nSPS) is 14.4. The zero-order chi connectivity index (χ0) is 13.9. The lowest BCUT2D eigenvalue weighted by Gasteiger charge is -2.20. The molecule has 108 valence electrons. The van der Waals surface area contributed by atoms with Crippen LogP contribution >= 0.6 is 12.4 Å². The molecule has 0 aliphatic carbocycles. The molecule has 2 unspecified atom stereocenters. The molecule has 19 heavy (non-hydrogen) atoms. The summed E-state index contributed by atoms with van der Waals surface area (Å²) in [5, 5.41) is 19.0. The van der Waals surface area contributed by atoms with Gasteiger partial charge in [-0.05, 0) is 38.3 Å². The van der Waals surface area contributed by atoms with Crippen LogP contribution in [0.1, 0.15) is 38.0 Å². The van der Waals surface area contributed by atoms with E-state index in [4.69, 9.17) is 10.8 Å². The van der Waals surface area contributed by atoms with Gasteiger partial charge in [-0.25, -0.2) is 0 Å². The van der Waals surface area contributed by atoms with Gasteiger partial charge in [0.2, 0.25) is 0 Å². The minimum Gasteiger partial charge on any atom is -0.481 e. The van der Waals surface area contributed by atoms with Crippen LogP contribution in [0.2, 0.25) is 0 Å². The molecule has 0 saturated heterocycles. The van der Waals surface area contributed by atoms with Crippen molar-refractivity contribution in [1.82, 2.24) is 0 Å². The standard InChI is InChI=1S/C14H21NO3.ClH/c1-9(15)12(16)11-6-4-5-10(7-11)8-14(2,3)13(17)18;/h4-7,9,12,16H,8,15H2,1-3H3,(H,17,18);1H. The van der Waals surface area contributed by atoms with Gasteiger partial charge in [0.25, 0.3) is 0 Å². The lowest BCUT2D eigenvalue weighted by atomic mass is 9.85. The lowest BCUT2D eigenvalue weighted by Crippen LogP contribution is -2.27. The highest BCUT2D eigenvalue weighted by atomic mass is 35.5. The maximum Gasteiger partial charge on any atom is 0.309 e. The Kier molecular flexibility index (Phi) is 6.49. The van der Waals surface area contributed by atoms with Crippen LogP contribution in [0.15, 0.2) is 24.3 Å². The first kappa shape index (κ1) is 17.9. The highest BCUT2D eigenvalue weighted by molar-refractivity contribution is 5.85. The van der Waals surface area contributed by atoms with Crippen LogP contribution in [-0.2, 0) is 11.2 Å². The topological polar surface area (TPSA) is 83.5 Å². The van der Waals surface area contributed by atoms with E-state index in [0.717, 1.165) is 11.1 Å². The van der Waals surface area contributed by atoms with Crippen LogP contribution in [0.5, 0.6) is 0 Å². The predicted molar refractivity (Wildman–Crippen MR) is 77.4 cm³/mol. The molecule has 1 aromatic carbocycles. The fraction of sp³-hybridized carbons (Fsp3) is 0.500. The Labute approximate surface area is 120 Å². The first-order valence-electron chi connectivity index (χ1n) is 6.00. The van der Waals surface area contributed by atoms with E-state index in [-0.39, 0.29) is 18.4 Å². The molecule has 0 bridgehead atoms. The Morgan fingerprint density at radius 2 is 2.00 bits per heavy atom. The molecule has 5 heteroatoms. The third-order valence-corrected chi connectivity index (χ3v) is 3.02. The molecule has 1 rings (SSSR count). The second-order valence-electron chi connectivity index (χ2n) is 5.41. The number of hydrogen-bond acceptors (Lipinski definition) is 3. The molecule has 2 atom stereocenters. The molecule has 0 aliphatic rings. The second kappa shape index (κ2) is 6.89. The van der Waals surface area contributed by atoms with Gasteiger partial charge < -0.3 is 15.9 Å². The number of carboxylic acid groups (broad SMARTS) is 1. The summed E-state index contributed by atoms with van der Waals surface area (Å²) in [5.74, 6) is -0.833. The summed E-state index contributed by atoms with van der Waals surface area (Å²) >= 11 is 0. The SMILES string of the molecule is CC(N)C(O)c1cccc(CC(C)(C)C(=O)O)c1.Cl. The molecule has 0 aliphatic heterocycles. The average Bonchev–Trinajstić information content (AvgIpc) is 2.27. The number of aliphatic carboxylic acids is 1. The maximum atomic E-state index is 11.1. The summed E-state index contributed by atoms with van der Waals surface area (Å²) < 4.78 is 0. The molecule has 0 heterocycles. The quantitative estimate of drug-likeness (QED) is 0.775. The van der Waals surface area contributed by atoms with Crippen LogP contribution in [0.4, 0.5) is 0 Å². The van der Waals surface area contributed by atoms with E-state index in [1.165, 1.54) is 0 Å². The molecule has 0 fully saturated rings. The minimum absolute atomic E-state index is 0. The number of aliphatic hydroxyl groups is 1. The maximum absolute atomic E-state index is 11.1. The third-order valence-electron chi connectivity index (χ3n) is 3.02. The van der Waals surface area contributed by atoms with Crippen molar-refractivity contribution < 1.29 is 15.0 Å². The first-order chi connectivity index (χ1) is 8.24. The fourth-order valence-corrected chi connectivity index (χ4v) is 1.78. The molecule has 4 N–H and O–H groups in total. The number of benzene rings is 1. The Balaban J connectivity index is 0.00000324. The van der Waals surface area contributed by atoms with Gasteiger partial charge in [-0.1, -0.05) is 24.3 Å². The Morgan fingerprint density at radius 3 is 2.47 bits per heavy atom. The number of rotatable bonds is 5. The van der Waals surface area contributed by atoms with Gasteiger partial charge in [-0.2, -0.15) is 0 Å². The number of carboxylic acids is 1. The summed E-state index contributed by atoms with van der Waals surface area (Å²) in [6.07, 6.45) is -0.306. The van der Waals surface area contributed by atoms with Crippen molar-refractivity contribution in [1.29, 1.82) is 0 Å². The fourth-order valence-electron chi connectivity index (χ4n) is 1.78. The third kappa shape index (κ3) is 4.82. The highest BCUT2D eigenvalue weighted by Gasteiger charge is 2.27. The van der Waals surface area contributed by atoms with Crippen molar-refractivity contribution in [3.63, 3.8) is 0 Å². The van der Waals surface area contributed by atoms with Gasteiger partial charge in [-0.3, -0.25) is 4.79 Å². The molecule has 0 amide bonds. The molecular formula is C14H22ClNO3. The van der Waals surface area contributed by atoms with E-state index in [1.807, 2.05) is 18.2 Å². The van der Waals surface area contributed by atoms with Crippen molar-refractivity contribution in [2.24, 2.45) is 11.1 Å². The molecule has 0 radical (unpaired) electrons. The van der Waals surface area contributed by atoms with Gasteiger partial charge in [0.05, 0.1) is 11.5 Å². The first-order valence-corrected chi connectivity index (χ1v) is 6.00. The predicted octanol–water partition coefficient (Wildman–Crippen LogP) is 2.14. The zero-order valence-electron chi connectivity index (χ0n) is 11.5. The van der Waals surface area contributed by atoms with E-state index in [1.54, 1.807) is 26.8 Å². The summed E-state index contributed by atoms with van der Waals surface area (Å²) in [7, 11) is 0. The van der Waals surface area contributed by atoms with E-state index in [0.29, 0.717) is 6.42 Å². The second-order valence-corrected chi connectivity index (χ2v) is 5.41. The van der Waals surface area contributed by atoms with Crippen molar-refractivity contribution >= 4 is 18.4 Å². The van der Waals surface area contributed by atoms with Crippen molar-refractivity contribution in [3.8, 4) is 0 Å². The molecule has 0 spiro atoms. The minimum atomic E-state index is -0.833. The van der Waals surface area contributed by atoms with E-state index in [9.17, 15) is 9.90 Å². The van der Waals surface area contributed by atoms with Crippen molar-refractivity contribution in [3.05, 3.63) is 35.4 Å². The molecule has 4 nitrogen and oxygen atoms in total. The van der Waals surface area contributed by atoms with Gasteiger partial charge in [0.1, 0.15) is 0 Å². The van der Waals surface area contributed by atoms with Crippen molar-refractivity contribution in [2.45, 2.75) is 39.3 Å². The largest absolute Gasteiger partial charge is 0.481 e. The smallest absolute Gasteiger partial charge is 0.309 e. The lowest BCUT2D eigenvalue weighted by molar-refractivity contribution is -0.146. The monoisotopic (exact) mass is 287 g/mol. The number of hydrogen-bond donors (Lipinski definition) is 3. The van der Waals surface area contributed by atoms with Crippen LogP contribution in [0.25, 0.3) is 0 Å². The highest BCUT2D eigenvalue weighted by Crippen LogP contribution is 2.24. The summed E-state index contributed by atoms with van der Waals surface area (Å²) in [4.78, 5) is 11.1. The number of nitrogens with two attached hydrogens (primary N) is 1. The van der Waals surface area contributed by atoms with Crippen LogP contribution in [-0.4, -0.2) is 22.2 Å². The molecule has 1 aromatic rings. The zero-order valence-corrected chi connectivity index (χ0v) is 12.3. The Hall–Kier alpha value is -1.10. The molecular weight excluding hydrogens is 266 g/mol. The summed E-state index contributed by atoms with van der Waals surface area (Å²) in [6.45, 7) is 5.10. The number of halogens is 1. The van der Waals surface area contributed by atoms with Crippen molar-refractivity contribution in [2.75, 3.05) is 0 Å². The number of aliphatic hydroxyl groups excluding tert-OH is 1. The van der Waals surface area contributed by atoms with Gasteiger partial charge >= 0.3 is 5.97 Å². The van der Waals surface area contributed by atoms with E-state index < -0.39 is 17.5 Å². The van der Waals surface area contributed by atoms with Crippen LogP contribution in [0, 0.1) is 5.41 Å². The van der Waals surface area contributed by atoms with Crippen LogP contribution in [0.3, 0.4) is 0 Å². The molecule has 0 aromatic heterocycles. The number of carbonyl (C=O) groups is 1. The summed E-state index contributed by atoms with van der Waals surface area (Å²) in [5.41, 5.74) is 6.44. The van der Waals surface area contributed by atoms with E-state index >= 15 is 0 Å². The van der Waals surface area contributed by atoms with Gasteiger partial charge in [0.15, 0.2) is 0 Å².